The summed E-state index contributed by atoms with van der Waals surface area (Å²) in [5, 5.41) is 2.92. The SMILES string of the molecule is COc1ccc(CCNC(=O)c2cnc(N3CCCCCC3)nc2)cc1. The average molecular weight is 354 g/mol. The molecule has 0 bridgehead atoms. The summed E-state index contributed by atoms with van der Waals surface area (Å²) in [7, 11) is 1.65. The lowest BCUT2D eigenvalue weighted by molar-refractivity contribution is 0.0953. The standard InChI is InChI=1S/C20H26N4O2/c1-26-18-8-6-16(7-9-18)10-11-21-19(25)17-14-22-20(23-15-17)24-12-4-2-3-5-13-24/h6-9,14-15H,2-5,10-13H2,1H3,(H,21,25). The van der Waals surface area contributed by atoms with Crippen molar-refractivity contribution >= 4 is 11.9 Å². The summed E-state index contributed by atoms with van der Waals surface area (Å²) < 4.78 is 5.14. The molecule has 1 fully saturated rings. The summed E-state index contributed by atoms with van der Waals surface area (Å²) in [6.07, 6.45) is 8.90. The lowest BCUT2D eigenvalue weighted by atomic mass is 10.1. The van der Waals surface area contributed by atoms with Crippen LogP contribution < -0.4 is 15.0 Å². The van der Waals surface area contributed by atoms with Gasteiger partial charge >= 0.3 is 0 Å². The number of aromatic nitrogens is 2. The lowest BCUT2D eigenvalue weighted by Gasteiger charge is -2.19. The van der Waals surface area contributed by atoms with Gasteiger partial charge in [-0.05, 0) is 37.0 Å². The fourth-order valence-corrected chi connectivity index (χ4v) is 3.09. The van der Waals surface area contributed by atoms with Crippen LogP contribution >= 0.6 is 0 Å². The monoisotopic (exact) mass is 354 g/mol. The lowest BCUT2D eigenvalue weighted by Crippen LogP contribution is -2.28. The minimum Gasteiger partial charge on any atom is -0.497 e. The molecule has 0 saturated carbocycles. The third-order valence-corrected chi connectivity index (χ3v) is 4.65. The van der Waals surface area contributed by atoms with Crippen LogP contribution in [0.15, 0.2) is 36.7 Å². The van der Waals surface area contributed by atoms with Gasteiger partial charge in [0.25, 0.3) is 5.91 Å². The van der Waals surface area contributed by atoms with Crippen molar-refractivity contribution in [2.75, 3.05) is 31.6 Å². The molecule has 3 rings (SSSR count). The van der Waals surface area contributed by atoms with Crippen LogP contribution in [0.2, 0.25) is 0 Å². The molecule has 0 aliphatic carbocycles. The van der Waals surface area contributed by atoms with Gasteiger partial charge in [-0.2, -0.15) is 0 Å². The number of anilines is 1. The zero-order chi connectivity index (χ0) is 18.2. The van der Waals surface area contributed by atoms with Gasteiger partial charge in [0.2, 0.25) is 5.95 Å². The second-order valence-electron chi connectivity index (χ2n) is 6.53. The Morgan fingerprint density at radius 3 is 2.35 bits per heavy atom. The van der Waals surface area contributed by atoms with Crippen LogP contribution in [0.3, 0.4) is 0 Å². The van der Waals surface area contributed by atoms with Crippen LogP contribution in [-0.2, 0) is 6.42 Å². The molecular formula is C20H26N4O2. The Morgan fingerprint density at radius 1 is 1.08 bits per heavy atom. The zero-order valence-electron chi connectivity index (χ0n) is 15.3. The first-order valence-corrected chi connectivity index (χ1v) is 9.24. The number of hydrogen-bond acceptors (Lipinski definition) is 5. The molecule has 0 spiro atoms. The van der Waals surface area contributed by atoms with Crippen LogP contribution in [0.5, 0.6) is 5.75 Å². The van der Waals surface area contributed by atoms with E-state index in [1.807, 2.05) is 24.3 Å². The molecular weight excluding hydrogens is 328 g/mol. The predicted molar refractivity (Wildman–Crippen MR) is 102 cm³/mol. The summed E-state index contributed by atoms with van der Waals surface area (Å²) in [5.41, 5.74) is 1.65. The molecule has 0 unspecified atom stereocenters. The molecule has 2 heterocycles. The minimum atomic E-state index is -0.138. The molecule has 1 aromatic carbocycles. The highest BCUT2D eigenvalue weighted by Crippen LogP contribution is 2.15. The maximum atomic E-state index is 12.3. The van der Waals surface area contributed by atoms with Crippen molar-refractivity contribution in [3.05, 3.63) is 47.8 Å². The van der Waals surface area contributed by atoms with E-state index in [1.165, 1.54) is 25.7 Å². The molecule has 1 aliphatic rings. The summed E-state index contributed by atoms with van der Waals surface area (Å²) in [6.45, 7) is 2.56. The highest BCUT2D eigenvalue weighted by Gasteiger charge is 2.13. The van der Waals surface area contributed by atoms with Gasteiger partial charge in [-0.1, -0.05) is 25.0 Å². The fraction of sp³-hybridized carbons (Fsp3) is 0.450. The number of methoxy groups -OCH3 is 1. The van der Waals surface area contributed by atoms with Crippen molar-refractivity contribution in [2.24, 2.45) is 0 Å². The molecule has 1 amide bonds. The van der Waals surface area contributed by atoms with Crippen LogP contribution in [0, 0.1) is 0 Å². The molecule has 0 radical (unpaired) electrons. The Hall–Kier alpha value is -2.63. The maximum absolute atomic E-state index is 12.3. The van der Waals surface area contributed by atoms with Crippen molar-refractivity contribution in [3.63, 3.8) is 0 Å². The number of benzene rings is 1. The van der Waals surface area contributed by atoms with Gasteiger partial charge in [-0.25, -0.2) is 9.97 Å². The van der Waals surface area contributed by atoms with Gasteiger partial charge in [-0.15, -0.1) is 0 Å². The van der Waals surface area contributed by atoms with Crippen LogP contribution in [0.1, 0.15) is 41.6 Å². The van der Waals surface area contributed by atoms with E-state index in [1.54, 1.807) is 19.5 Å². The van der Waals surface area contributed by atoms with Crippen molar-refractivity contribution in [1.29, 1.82) is 0 Å². The number of rotatable bonds is 6. The smallest absolute Gasteiger partial charge is 0.254 e. The van der Waals surface area contributed by atoms with Crippen LogP contribution in [0.25, 0.3) is 0 Å². The number of carbonyl (C=O) groups excluding carboxylic acids is 1. The van der Waals surface area contributed by atoms with Gasteiger partial charge in [0.15, 0.2) is 0 Å². The second-order valence-corrected chi connectivity index (χ2v) is 6.53. The number of hydrogen-bond donors (Lipinski definition) is 1. The van der Waals surface area contributed by atoms with Crippen molar-refractivity contribution in [2.45, 2.75) is 32.1 Å². The average Bonchev–Trinajstić information content (AvgIpc) is 2.98. The van der Waals surface area contributed by atoms with Crippen molar-refractivity contribution < 1.29 is 9.53 Å². The van der Waals surface area contributed by atoms with E-state index in [2.05, 4.69) is 20.2 Å². The van der Waals surface area contributed by atoms with Gasteiger partial charge in [0.1, 0.15) is 5.75 Å². The number of carbonyl (C=O) groups is 1. The second kappa shape index (κ2) is 9.17. The van der Waals surface area contributed by atoms with Gasteiger partial charge in [-0.3, -0.25) is 4.79 Å². The summed E-state index contributed by atoms with van der Waals surface area (Å²) in [4.78, 5) is 23.2. The summed E-state index contributed by atoms with van der Waals surface area (Å²) >= 11 is 0. The Bertz CT molecular complexity index is 693. The van der Waals surface area contributed by atoms with Gasteiger partial charge in [0, 0.05) is 32.0 Å². The van der Waals surface area contributed by atoms with E-state index in [0.29, 0.717) is 12.1 Å². The molecule has 1 aliphatic heterocycles. The quantitative estimate of drug-likeness (QED) is 0.864. The third kappa shape index (κ3) is 4.94. The summed E-state index contributed by atoms with van der Waals surface area (Å²) in [5.74, 6) is 1.42. The topological polar surface area (TPSA) is 67.3 Å². The Morgan fingerprint density at radius 2 is 1.73 bits per heavy atom. The first-order chi connectivity index (χ1) is 12.8. The number of nitrogens with zero attached hydrogens (tertiary/aromatic N) is 3. The Labute approximate surface area is 154 Å². The highest BCUT2D eigenvalue weighted by molar-refractivity contribution is 5.93. The number of nitrogens with one attached hydrogen (secondary N) is 1. The van der Waals surface area contributed by atoms with E-state index in [9.17, 15) is 4.79 Å². The molecule has 1 aromatic heterocycles. The van der Waals surface area contributed by atoms with Crippen molar-refractivity contribution in [1.82, 2.24) is 15.3 Å². The third-order valence-electron chi connectivity index (χ3n) is 4.65. The molecule has 26 heavy (non-hydrogen) atoms. The molecule has 0 atom stereocenters. The van der Waals surface area contributed by atoms with E-state index in [0.717, 1.165) is 36.8 Å². The largest absolute Gasteiger partial charge is 0.497 e. The van der Waals surface area contributed by atoms with Gasteiger partial charge in [0.05, 0.1) is 12.7 Å². The fourth-order valence-electron chi connectivity index (χ4n) is 3.09. The normalized spacial score (nSPS) is 14.6. The van der Waals surface area contributed by atoms with E-state index < -0.39 is 0 Å². The molecule has 6 nitrogen and oxygen atoms in total. The molecule has 1 N–H and O–H groups in total. The number of ether oxygens (including phenoxy) is 1. The molecule has 1 saturated heterocycles. The van der Waals surface area contributed by atoms with E-state index >= 15 is 0 Å². The van der Waals surface area contributed by atoms with Crippen LogP contribution in [0.4, 0.5) is 5.95 Å². The predicted octanol–water partition coefficient (Wildman–Crippen LogP) is 2.84. The highest BCUT2D eigenvalue weighted by atomic mass is 16.5. The molecule has 6 heteroatoms. The Balaban J connectivity index is 1.49. The zero-order valence-corrected chi connectivity index (χ0v) is 15.3. The molecule has 2 aromatic rings. The maximum Gasteiger partial charge on any atom is 0.254 e. The first kappa shape index (κ1) is 18.2. The van der Waals surface area contributed by atoms with E-state index in [4.69, 9.17) is 4.74 Å². The van der Waals surface area contributed by atoms with Gasteiger partial charge < -0.3 is 15.0 Å². The summed E-state index contributed by atoms with van der Waals surface area (Å²) in [6, 6.07) is 7.85. The van der Waals surface area contributed by atoms with Crippen LogP contribution in [-0.4, -0.2) is 42.6 Å². The number of amides is 1. The Kier molecular flexibility index (Phi) is 6.41. The van der Waals surface area contributed by atoms with E-state index in [-0.39, 0.29) is 5.91 Å². The minimum absolute atomic E-state index is 0.138. The first-order valence-electron chi connectivity index (χ1n) is 9.24. The van der Waals surface area contributed by atoms with Crippen molar-refractivity contribution in [3.8, 4) is 5.75 Å². The molecule has 138 valence electrons.